The number of hydrogen-bond acceptors (Lipinski definition) is 4. The Kier molecular flexibility index (Phi) is 5.22. The molecule has 2 aromatic carbocycles. The first-order chi connectivity index (χ1) is 13.9. The molecule has 1 amide bonds. The van der Waals surface area contributed by atoms with Crippen LogP contribution in [0.25, 0.3) is 21.3 Å². The van der Waals surface area contributed by atoms with Crippen LogP contribution in [-0.2, 0) is 11.3 Å². The zero-order valence-electron chi connectivity index (χ0n) is 15.9. The van der Waals surface area contributed by atoms with Crippen molar-refractivity contribution in [2.24, 2.45) is 0 Å². The minimum atomic E-state index is -0.313. The number of nitrogens with one attached hydrogen (secondary N) is 1. The normalized spacial score (nSPS) is 11.0. The van der Waals surface area contributed by atoms with Gasteiger partial charge in [-0.15, -0.1) is 11.3 Å². The molecule has 0 atom stereocenters. The van der Waals surface area contributed by atoms with Gasteiger partial charge in [0.25, 0.3) is 5.56 Å². The number of fused-ring (bicyclic) bond motifs is 1. The Hall–Kier alpha value is -2.96. The van der Waals surface area contributed by atoms with Gasteiger partial charge in [0.1, 0.15) is 11.4 Å². The fourth-order valence-electron chi connectivity index (χ4n) is 3.28. The highest BCUT2D eigenvalue weighted by molar-refractivity contribution is 7.19. The van der Waals surface area contributed by atoms with Crippen molar-refractivity contribution in [1.29, 1.82) is 0 Å². The summed E-state index contributed by atoms with van der Waals surface area (Å²) in [6, 6.07) is 15.0. The van der Waals surface area contributed by atoms with E-state index < -0.39 is 0 Å². The molecular weight excluding hydrogens is 406 g/mol. The first kappa shape index (κ1) is 19.4. The number of carbonyl (C=O) groups is 1. The van der Waals surface area contributed by atoms with Crippen LogP contribution in [0.1, 0.15) is 10.4 Å². The molecule has 4 rings (SSSR count). The highest BCUT2D eigenvalue weighted by atomic mass is 35.5. The molecule has 146 valence electrons. The number of aromatic nitrogens is 2. The fourth-order valence-corrected chi connectivity index (χ4v) is 4.45. The number of nitrogens with zero attached hydrogens (tertiary/aromatic N) is 2. The standard InChI is InChI=1S/C22H18ClN3O2S/c1-13-8-9-16(23)10-17(13)25-18(27)11-26-12-24-21-20(22(26)28)19(14(2)29-21)15-6-4-3-5-7-15/h3-10,12H,11H2,1-2H3,(H,25,27). The molecule has 0 saturated heterocycles. The van der Waals surface area contributed by atoms with Crippen molar-refractivity contribution in [1.82, 2.24) is 9.55 Å². The largest absolute Gasteiger partial charge is 0.324 e. The number of rotatable bonds is 4. The van der Waals surface area contributed by atoms with Crippen molar-refractivity contribution in [3.63, 3.8) is 0 Å². The molecule has 5 nitrogen and oxygen atoms in total. The van der Waals surface area contributed by atoms with E-state index in [4.69, 9.17) is 11.6 Å². The molecular formula is C22H18ClN3O2S. The number of benzene rings is 2. The lowest BCUT2D eigenvalue weighted by atomic mass is 10.0. The van der Waals surface area contributed by atoms with Gasteiger partial charge in [-0.05, 0) is 37.1 Å². The van der Waals surface area contributed by atoms with Crippen LogP contribution in [0.15, 0.2) is 59.7 Å². The van der Waals surface area contributed by atoms with Crippen molar-refractivity contribution in [3.8, 4) is 11.1 Å². The molecule has 0 unspecified atom stereocenters. The first-order valence-corrected chi connectivity index (χ1v) is 10.2. The topological polar surface area (TPSA) is 64.0 Å². The third-order valence-electron chi connectivity index (χ3n) is 4.70. The monoisotopic (exact) mass is 423 g/mol. The average molecular weight is 424 g/mol. The van der Waals surface area contributed by atoms with E-state index in [1.807, 2.05) is 50.2 Å². The molecule has 0 bridgehead atoms. The number of amides is 1. The maximum atomic E-state index is 13.2. The molecule has 2 heterocycles. The fraction of sp³-hybridized carbons (Fsp3) is 0.136. The van der Waals surface area contributed by atoms with Crippen LogP contribution >= 0.6 is 22.9 Å². The second-order valence-electron chi connectivity index (χ2n) is 6.76. The lowest BCUT2D eigenvalue weighted by molar-refractivity contribution is -0.116. The third kappa shape index (κ3) is 3.81. The highest BCUT2D eigenvalue weighted by Gasteiger charge is 2.18. The minimum absolute atomic E-state index is 0.128. The van der Waals surface area contributed by atoms with Gasteiger partial charge in [0.05, 0.1) is 11.7 Å². The number of thiophene rings is 1. The van der Waals surface area contributed by atoms with E-state index in [-0.39, 0.29) is 18.0 Å². The third-order valence-corrected chi connectivity index (χ3v) is 5.95. The second-order valence-corrected chi connectivity index (χ2v) is 8.40. The average Bonchev–Trinajstić information content (AvgIpc) is 3.04. The van der Waals surface area contributed by atoms with Crippen molar-refractivity contribution in [2.45, 2.75) is 20.4 Å². The van der Waals surface area contributed by atoms with E-state index >= 15 is 0 Å². The molecule has 0 aliphatic rings. The lowest BCUT2D eigenvalue weighted by Gasteiger charge is -2.10. The van der Waals surface area contributed by atoms with E-state index in [2.05, 4.69) is 10.3 Å². The van der Waals surface area contributed by atoms with E-state index in [1.54, 1.807) is 12.1 Å². The molecule has 1 N–H and O–H groups in total. The summed E-state index contributed by atoms with van der Waals surface area (Å²) >= 11 is 7.50. The Labute approximate surface area is 176 Å². The SMILES string of the molecule is Cc1ccc(Cl)cc1NC(=O)Cn1cnc2sc(C)c(-c3ccccc3)c2c1=O. The summed E-state index contributed by atoms with van der Waals surface area (Å²) in [4.78, 5) is 31.8. The Morgan fingerprint density at radius 2 is 1.93 bits per heavy atom. The zero-order valence-corrected chi connectivity index (χ0v) is 17.5. The van der Waals surface area contributed by atoms with Gasteiger partial charge >= 0.3 is 0 Å². The minimum Gasteiger partial charge on any atom is -0.324 e. The predicted octanol–water partition coefficient (Wildman–Crippen LogP) is 5.03. The Morgan fingerprint density at radius 3 is 2.69 bits per heavy atom. The van der Waals surface area contributed by atoms with Gasteiger partial charge in [-0.1, -0.05) is 48.0 Å². The van der Waals surface area contributed by atoms with Crippen molar-refractivity contribution >= 4 is 44.7 Å². The van der Waals surface area contributed by atoms with Crippen LogP contribution in [0.3, 0.4) is 0 Å². The molecule has 2 aromatic heterocycles. The van der Waals surface area contributed by atoms with Gasteiger partial charge < -0.3 is 5.32 Å². The van der Waals surface area contributed by atoms with Crippen molar-refractivity contribution in [3.05, 3.63) is 80.7 Å². The summed E-state index contributed by atoms with van der Waals surface area (Å²) in [6.07, 6.45) is 1.43. The molecule has 0 aliphatic heterocycles. The molecule has 7 heteroatoms. The van der Waals surface area contributed by atoms with Gasteiger partial charge in [0.15, 0.2) is 0 Å². The number of hydrogen-bond donors (Lipinski definition) is 1. The van der Waals surface area contributed by atoms with Crippen LogP contribution in [0.4, 0.5) is 5.69 Å². The van der Waals surface area contributed by atoms with Gasteiger partial charge in [0.2, 0.25) is 5.91 Å². The molecule has 0 fully saturated rings. The molecule has 0 saturated carbocycles. The summed E-state index contributed by atoms with van der Waals surface area (Å²) in [5.74, 6) is -0.313. The van der Waals surface area contributed by atoms with Gasteiger partial charge in [-0.3, -0.25) is 14.2 Å². The smallest absolute Gasteiger partial charge is 0.263 e. The summed E-state index contributed by atoms with van der Waals surface area (Å²) in [6.45, 7) is 3.73. The molecule has 29 heavy (non-hydrogen) atoms. The molecule has 0 spiro atoms. The lowest BCUT2D eigenvalue weighted by Crippen LogP contribution is -2.28. The molecule has 0 radical (unpaired) electrons. The summed E-state index contributed by atoms with van der Waals surface area (Å²) in [7, 11) is 0. The van der Waals surface area contributed by atoms with Crippen LogP contribution in [-0.4, -0.2) is 15.5 Å². The van der Waals surface area contributed by atoms with E-state index in [0.717, 1.165) is 21.6 Å². The molecule has 4 aromatic rings. The first-order valence-electron chi connectivity index (χ1n) is 9.04. The predicted molar refractivity (Wildman–Crippen MR) is 119 cm³/mol. The Balaban J connectivity index is 1.70. The van der Waals surface area contributed by atoms with Crippen molar-refractivity contribution in [2.75, 3.05) is 5.32 Å². The van der Waals surface area contributed by atoms with Gasteiger partial charge in [-0.25, -0.2) is 4.98 Å². The van der Waals surface area contributed by atoms with Crippen LogP contribution in [0.5, 0.6) is 0 Å². The number of anilines is 1. The second kappa shape index (κ2) is 7.81. The number of carbonyl (C=O) groups excluding carboxylic acids is 1. The summed E-state index contributed by atoms with van der Waals surface area (Å²) < 4.78 is 1.34. The molecule has 0 aliphatic carbocycles. The van der Waals surface area contributed by atoms with E-state index in [0.29, 0.717) is 20.9 Å². The number of aryl methyl sites for hydroxylation is 2. The van der Waals surface area contributed by atoms with Gasteiger partial charge in [-0.2, -0.15) is 0 Å². The van der Waals surface area contributed by atoms with Gasteiger partial charge in [0, 0.05) is 21.2 Å². The highest BCUT2D eigenvalue weighted by Crippen LogP contribution is 2.35. The number of halogens is 1. The van der Waals surface area contributed by atoms with Crippen LogP contribution < -0.4 is 10.9 Å². The maximum absolute atomic E-state index is 13.2. The Morgan fingerprint density at radius 1 is 1.17 bits per heavy atom. The maximum Gasteiger partial charge on any atom is 0.263 e. The van der Waals surface area contributed by atoms with Crippen molar-refractivity contribution < 1.29 is 4.79 Å². The van der Waals surface area contributed by atoms with E-state index in [9.17, 15) is 9.59 Å². The summed E-state index contributed by atoms with van der Waals surface area (Å²) in [5, 5.41) is 3.90. The quantitative estimate of drug-likeness (QED) is 0.500. The zero-order chi connectivity index (χ0) is 20.5. The van der Waals surface area contributed by atoms with Crippen LogP contribution in [0, 0.1) is 13.8 Å². The Bertz CT molecular complexity index is 1280. The van der Waals surface area contributed by atoms with E-state index in [1.165, 1.54) is 22.2 Å². The van der Waals surface area contributed by atoms with Crippen LogP contribution in [0.2, 0.25) is 5.02 Å². The summed E-state index contributed by atoms with van der Waals surface area (Å²) in [5.41, 5.74) is 3.14.